The first-order chi connectivity index (χ1) is 14.4. The summed E-state index contributed by atoms with van der Waals surface area (Å²) in [5.41, 5.74) is 3.80. The van der Waals surface area contributed by atoms with E-state index in [4.69, 9.17) is 8.92 Å². The van der Waals surface area contributed by atoms with Gasteiger partial charge in [-0.05, 0) is 73.9 Å². The maximum Gasteiger partial charge on any atom is 0.265 e. The molecule has 6 heteroatoms. The molecule has 4 rings (SSSR count). The van der Waals surface area contributed by atoms with E-state index in [-0.39, 0.29) is 5.92 Å². The van der Waals surface area contributed by atoms with Gasteiger partial charge in [0.2, 0.25) is 0 Å². The minimum atomic E-state index is -3.56. The Bertz CT molecular complexity index is 976. The van der Waals surface area contributed by atoms with E-state index < -0.39 is 16.3 Å². The SMILES string of the molecule is COc1ccc2c(c1)CCC1C2C(OS(C)(=O)=O)N(C)C1CCCc1ccccc1. The first kappa shape index (κ1) is 21.3. The van der Waals surface area contributed by atoms with Crippen LogP contribution in [0.5, 0.6) is 5.75 Å². The van der Waals surface area contributed by atoms with E-state index in [1.165, 1.54) is 16.7 Å². The summed E-state index contributed by atoms with van der Waals surface area (Å²) in [5, 5.41) is 0. The van der Waals surface area contributed by atoms with Crippen molar-refractivity contribution in [2.75, 3.05) is 20.4 Å². The molecule has 0 radical (unpaired) electrons. The van der Waals surface area contributed by atoms with Crippen LogP contribution in [0.15, 0.2) is 48.5 Å². The fourth-order valence-electron chi connectivity index (χ4n) is 5.41. The summed E-state index contributed by atoms with van der Waals surface area (Å²) in [6.45, 7) is 0. The third-order valence-corrected chi connectivity index (χ3v) is 7.27. The minimum absolute atomic E-state index is 0.0566. The van der Waals surface area contributed by atoms with E-state index in [1.54, 1.807) is 7.11 Å². The number of likely N-dealkylation sites (tertiary alicyclic amines) is 1. The van der Waals surface area contributed by atoms with Gasteiger partial charge in [-0.3, -0.25) is 9.08 Å². The summed E-state index contributed by atoms with van der Waals surface area (Å²) in [7, 11) is 0.134. The lowest BCUT2D eigenvalue weighted by atomic mass is 9.73. The Kier molecular flexibility index (Phi) is 6.19. The molecule has 0 aromatic heterocycles. The Hall–Kier alpha value is -1.89. The second-order valence-corrected chi connectivity index (χ2v) is 10.2. The largest absolute Gasteiger partial charge is 0.497 e. The van der Waals surface area contributed by atoms with E-state index in [1.807, 2.05) is 19.2 Å². The Labute approximate surface area is 180 Å². The van der Waals surface area contributed by atoms with Crippen LogP contribution in [0.3, 0.4) is 0 Å². The van der Waals surface area contributed by atoms with Crippen LogP contribution in [-0.2, 0) is 27.1 Å². The number of fused-ring (bicyclic) bond motifs is 3. The van der Waals surface area contributed by atoms with Gasteiger partial charge in [-0.1, -0.05) is 36.4 Å². The van der Waals surface area contributed by atoms with Crippen LogP contribution < -0.4 is 4.74 Å². The van der Waals surface area contributed by atoms with E-state index in [0.29, 0.717) is 12.0 Å². The van der Waals surface area contributed by atoms with Gasteiger partial charge in [0.05, 0.1) is 13.4 Å². The average molecular weight is 430 g/mol. The molecule has 1 fully saturated rings. The molecule has 1 heterocycles. The molecule has 0 amide bonds. The van der Waals surface area contributed by atoms with E-state index in [9.17, 15) is 8.42 Å². The highest BCUT2D eigenvalue weighted by molar-refractivity contribution is 7.86. The summed E-state index contributed by atoms with van der Waals surface area (Å²) >= 11 is 0. The number of hydrogen-bond acceptors (Lipinski definition) is 5. The van der Waals surface area contributed by atoms with Crippen molar-refractivity contribution in [2.45, 2.75) is 50.3 Å². The van der Waals surface area contributed by atoms with Crippen molar-refractivity contribution >= 4 is 10.1 Å². The topological polar surface area (TPSA) is 55.8 Å². The lowest BCUT2D eigenvalue weighted by Gasteiger charge is -2.32. The van der Waals surface area contributed by atoms with Gasteiger partial charge in [-0.25, -0.2) is 0 Å². The molecule has 2 aromatic carbocycles. The predicted molar refractivity (Wildman–Crippen MR) is 118 cm³/mol. The number of hydrogen-bond donors (Lipinski definition) is 0. The zero-order chi connectivity index (χ0) is 21.3. The van der Waals surface area contributed by atoms with Gasteiger partial charge < -0.3 is 4.74 Å². The molecule has 0 saturated carbocycles. The molecule has 5 nitrogen and oxygen atoms in total. The van der Waals surface area contributed by atoms with Gasteiger partial charge in [-0.15, -0.1) is 0 Å². The lowest BCUT2D eigenvalue weighted by molar-refractivity contribution is 0.0541. The Morgan fingerprint density at radius 3 is 2.60 bits per heavy atom. The monoisotopic (exact) mass is 429 g/mol. The second kappa shape index (κ2) is 8.69. The third-order valence-electron chi connectivity index (χ3n) is 6.73. The maximum atomic E-state index is 12.1. The first-order valence-electron chi connectivity index (χ1n) is 10.7. The number of benzene rings is 2. The zero-order valence-corrected chi connectivity index (χ0v) is 18.8. The van der Waals surface area contributed by atoms with Crippen molar-refractivity contribution in [3.8, 4) is 5.75 Å². The third kappa shape index (κ3) is 4.41. The lowest BCUT2D eigenvalue weighted by Crippen LogP contribution is -2.37. The Morgan fingerprint density at radius 2 is 1.90 bits per heavy atom. The molecular weight excluding hydrogens is 398 g/mol. The van der Waals surface area contributed by atoms with Crippen LogP contribution in [0.2, 0.25) is 0 Å². The molecule has 0 bridgehead atoms. The fraction of sp³-hybridized carbons (Fsp3) is 0.500. The molecule has 1 aliphatic heterocycles. The summed E-state index contributed by atoms with van der Waals surface area (Å²) in [5.74, 6) is 1.29. The number of nitrogens with zero attached hydrogens (tertiary/aromatic N) is 1. The molecule has 1 aliphatic carbocycles. The van der Waals surface area contributed by atoms with E-state index in [0.717, 1.165) is 44.1 Å². The Balaban J connectivity index is 1.58. The maximum absolute atomic E-state index is 12.1. The van der Waals surface area contributed by atoms with Crippen LogP contribution >= 0.6 is 0 Å². The van der Waals surface area contributed by atoms with Crippen molar-refractivity contribution in [3.63, 3.8) is 0 Å². The molecule has 0 N–H and O–H groups in total. The predicted octanol–water partition coefficient (Wildman–Crippen LogP) is 3.98. The van der Waals surface area contributed by atoms with Crippen LogP contribution in [0, 0.1) is 5.92 Å². The summed E-state index contributed by atoms with van der Waals surface area (Å²) < 4.78 is 35.2. The fourth-order valence-corrected chi connectivity index (χ4v) is 6.02. The van der Waals surface area contributed by atoms with Crippen LogP contribution in [0.1, 0.15) is 41.9 Å². The van der Waals surface area contributed by atoms with Gasteiger partial charge in [0, 0.05) is 12.0 Å². The van der Waals surface area contributed by atoms with Gasteiger partial charge in [0.25, 0.3) is 10.1 Å². The molecule has 4 unspecified atom stereocenters. The van der Waals surface area contributed by atoms with Gasteiger partial charge in [0.1, 0.15) is 12.0 Å². The van der Waals surface area contributed by atoms with Crippen molar-refractivity contribution in [2.24, 2.45) is 5.92 Å². The number of likely N-dealkylation sites (N-methyl/N-ethyl adjacent to an activating group) is 1. The zero-order valence-electron chi connectivity index (χ0n) is 18.0. The Morgan fingerprint density at radius 1 is 1.13 bits per heavy atom. The van der Waals surface area contributed by atoms with Crippen LogP contribution in [0.25, 0.3) is 0 Å². The summed E-state index contributed by atoms with van der Waals surface area (Å²) in [6.07, 6.45) is 5.85. The number of methoxy groups -OCH3 is 1. The molecule has 162 valence electrons. The normalized spacial score (nSPS) is 26.2. The van der Waals surface area contributed by atoms with Gasteiger partial charge in [0.15, 0.2) is 0 Å². The molecule has 0 spiro atoms. The number of aryl methyl sites for hydroxylation is 2. The quantitative estimate of drug-likeness (QED) is 0.623. The van der Waals surface area contributed by atoms with Crippen molar-refractivity contribution in [1.82, 2.24) is 4.90 Å². The summed E-state index contributed by atoms with van der Waals surface area (Å²) in [4.78, 5) is 2.17. The smallest absolute Gasteiger partial charge is 0.265 e. The van der Waals surface area contributed by atoms with E-state index in [2.05, 4.69) is 41.3 Å². The number of rotatable bonds is 7. The van der Waals surface area contributed by atoms with Crippen LogP contribution in [0.4, 0.5) is 0 Å². The van der Waals surface area contributed by atoms with Gasteiger partial charge >= 0.3 is 0 Å². The van der Waals surface area contributed by atoms with Crippen molar-refractivity contribution in [1.29, 1.82) is 0 Å². The highest BCUT2D eigenvalue weighted by atomic mass is 32.2. The highest BCUT2D eigenvalue weighted by Gasteiger charge is 2.51. The first-order valence-corrected chi connectivity index (χ1v) is 12.5. The second-order valence-electron chi connectivity index (χ2n) is 8.59. The average Bonchev–Trinajstić information content (AvgIpc) is 2.98. The van der Waals surface area contributed by atoms with Crippen molar-refractivity contribution in [3.05, 3.63) is 65.2 Å². The van der Waals surface area contributed by atoms with Crippen molar-refractivity contribution < 1.29 is 17.3 Å². The summed E-state index contributed by atoms with van der Waals surface area (Å²) in [6, 6.07) is 17.0. The van der Waals surface area contributed by atoms with E-state index >= 15 is 0 Å². The molecule has 2 aliphatic rings. The van der Waals surface area contributed by atoms with Crippen LogP contribution in [-0.4, -0.2) is 46.0 Å². The van der Waals surface area contributed by atoms with Gasteiger partial charge in [-0.2, -0.15) is 8.42 Å². The highest BCUT2D eigenvalue weighted by Crippen LogP contribution is 2.50. The number of ether oxygens (including phenoxy) is 1. The minimum Gasteiger partial charge on any atom is -0.497 e. The molecule has 1 saturated heterocycles. The molecule has 30 heavy (non-hydrogen) atoms. The standard InChI is InChI=1S/C24H31NO4S/c1-25-22(11-7-10-17-8-5-4-6-9-17)21-14-12-18-16-19(28-2)13-15-20(18)23(21)24(25)29-30(3,26)27/h4-6,8-9,13,15-16,21-24H,7,10-12,14H2,1-3H3. The molecule has 4 atom stereocenters. The molecule has 2 aromatic rings. The molecular formula is C24H31NO4S.